The van der Waals surface area contributed by atoms with Crippen molar-refractivity contribution in [3.63, 3.8) is 0 Å². The Morgan fingerprint density at radius 1 is 1.15 bits per heavy atom. The molecule has 0 saturated carbocycles. The maximum Gasteiger partial charge on any atom is 0.417 e. The monoisotopic (exact) mass is 380 g/mol. The van der Waals surface area contributed by atoms with Gasteiger partial charge >= 0.3 is 6.18 Å². The molecule has 0 N–H and O–H groups in total. The van der Waals surface area contributed by atoms with E-state index in [9.17, 15) is 18.0 Å². The molecule has 1 aromatic carbocycles. The molecule has 9 heteroatoms. The molecule has 3 rings (SSSR count). The molecule has 0 atom stereocenters. The van der Waals surface area contributed by atoms with E-state index in [2.05, 4.69) is 10.2 Å². The topological polar surface area (TPSA) is 50.5 Å². The normalized spacial score (nSPS) is 11.7. The standard InChI is InChI=1S/C17H15F3N4OS/c1-2-23(13-6-4-3-5-7-13)15(25)11-26-16-22-21-14-9-8-12(10-24(14)16)17(18,19)20/h3-10H,2,11H2,1H3. The van der Waals surface area contributed by atoms with Crippen molar-refractivity contribution >= 4 is 29.0 Å². The molecule has 136 valence electrons. The largest absolute Gasteiger partial charge is 0.417 e. The Bertz CT molecular complexity index is 911. The second-order valence-electron chi connectivity index (χ2n) is 5.39. The Balaban J connectivity index is 1.78. The smallest absolute Gasteiger partial charge is 0.312 e. The zero-order valence-corrected chi connectivity index (χ0v) is 14.6. The van der Waals surface area contributed by atoms with Gasteiger partial charge in [0.25, 0.3) is 0 Å². The minimum absolute atomic E-state index is 0.0414. The highest BCUT2D eigenvalue weighted by Crippen LogP contribution is 2.30. The highest BCUT2D eigenvalue weighted by Gasteiger charge is 2.31. The zero-order chi connectivity index (χ0) is 18.7. The molecule has 0 bridgehead atoms. The number of pyridine rings is 1. The van der Waals surface area contributed by atoms with Gasteiger partial charge in [-0.05, 0) is 31.2 Å². The van der Waals surface area contributed by atoms with E-state index in [1.54, 1.807) is 4.90 Å². The Morgan fingerprint density at radius 3 is 2.54 bits per heavy atom. The molecule has 0 radical (unpaired) electrons. The first kappa shape index (κ1) is 18.2. The Hall–Kier alpha value is -2.55. The minimum atomic E-state index is -4.46. The molecule has 26 heavy (non-hydrogen) atoms. The molecule has 0 fully saturated rings. The van der Waals surface area contributed by atoms with Gasteiger partial charge in [0.1, 0.15) is 0 Å². The predicted octanol–water partition coefficient (Wildman–Crippen LogP) is 3.89. The Labute approximate surface area is 151 Å². The summed E-state index contributed by atoms with van der Waals surface area (Å²) in [7, 11) is 0. The van der Waals surface area contributed by atoms with Gasteiger partial charge in [0.2, 0.25) is 5.91 Å². The lowest BCUT2D eigenvalue weighted by molar-refractivity contribution is -0.137. The van der Waals surface area contributed by atoms with Crippen molar-refractivity contribution in [3.8, 4) is 0 Å². The highest BCUT2D eigenvalue weighted by atomic mass is 32.2. The van der Waals surface area contributed by atoms with E-state index < -0.39 is 11.7 Å². The quantitative estimate of drug-likeness (QED) is 0.630. The molecule has 0 spiro atoms. The fourth-order valence-corrected chi connectivity index (χ4v) is 3.24. The number of hydrogen-bond donors (Lipinski definition) is 0. The number of nitrogens with zero attached hydrogens (tertiary/aromatic N) is 4. The number of thioether (sulfide) groups is 1. The lowest BCUT2D eigenvalue weighted by atomic mass is 10.3. The van der Waals surface area contributed by atoms with Crippen molar-refractivity contribution in [3.05, 3.63) is 54.2 Å². The molecule has 0 saturated heterocycles. The van der Waals surface area contributed by atoms with E-state index in [1.807, 2.05) is 37.3 Å². The van der Waals surface area contributed by atoms with Crippen molar-refractivity contribution in [2.45, 2.75) is 18.3 Å². The van der Waals surface area contributed by atoms with Crippen LogP contribution in [-0.4, -0.2) is 32.8 Å². The molecule has 0 aliphatic heterocycles. The average Bonchev–Trinajstić information content (AvgIpc) is 3.03. The number of para-hydroxylation sites is 1. The molecule has 2 heterocycles. The lowest BCUT2D eigenvalue weighted by Gasteiger charge is -2.20. The van der Waals surface area contributed by atoms with Gasteiger partial charge in [-0.25, -0.2) is 0 Å². The van der Waals surface area contributed by atoms with Crippen LogP contribution >= 0.6 is 11.8 Å². The summed E-state index contributed by atoms with van der Waals surface area (Å²) in [6, 6.07) is 11.4. The van der Waals surface area contributed by atoms with Crippen molar-refractivity contribution in [2.24, 2.45) is 0 Å². The van der Waals surface area contributed by atoms with E-state index >= 15 is 0 Å². The van der Waals surface area contributed by atoms with Crippen LogP contribution < -0.4 is 4.90 Å². The van der Waals surface area contributed by atoms with Crippen LogP contribution in [0.25, 0.3) is 5.65 Å². The number of carbonyl (C=O) groups is 1. The minimum Gasteiger partial charge on any atom is -0.312 e. The lowest BCUT2D eigenvalue weighted by Crippen LogP contribution is -2.32. The first-order valence-corrected chi connectivity index (χ1v) is 8.79. The van der Waals surface area contributed by atoms with Gasteiger partial charge in [-0.3, -0.25) is 9.20 Å². The zero-order valence-electron chi connectivity index (χ0n) is 13.8. The second-order valence-corrected chi connectivity index (χ2v) is 6.33. The van der Waals surface area contributed by atoms with Gasteiger partial charge in [0.05, 0.1) is 11.3 Å². The fraction of sp³-hybridized carbons (Fsp3) is 0.235. The third-order valence-electron chi connectivity index (χ3n) is 3.71. The highest BCUT2D eigenvalue weighted by molar-refractivity contribution is 7.99. The summed E-state index contributed by atoms with van der Waals surface area (Å²) in [5.74, 6) is -0.118. The van der Waals surface area contributed by atoms with E-state index in [-0.39, 0.29) is 16.8 Å². The summed E-state index contributed by atoms with van der Waals surface area (Å²) in [5.41, 5.74) is 0.270. The molecule has 5 nitrogen and oxygen atoms in total. The van der Waals surface area contributed by atoms with Crippen LogP contribution in [0.3, 0.4) is 0 Å². The van der Waals surface area contributed by atoms with Crippen LogP contribution in [0.15, 0.2) is 53.8 Å². The summed E-state index contributed by atoms with van der Waals surface area (Å²) >= 11 is 1.05. The average molecular weight is 380 g/mol. The van der Waals surface area contributed by atoms with Crippen molar-refractivity contribution < 1.29 is 18.0 Å². The molecule has 0 aliphatic carbocycles. The van der Waals surface area contributed by atoms with Gasteiger partial charge in [0, 0.05) is 18.4 Å². The number of carbonyl (C=O) groups excluding carboxylic acids is 1. The van der Waals surface area contributed by atoms with Gasteiger partial charge in [-0.1, -0.05) is 30.0 Å². The number of alkyl halides is 3. The third kappa shape index (κ3) is 3.82. The van der Waals surface area contributed by atoms with Gasteiger partial charge in [-0.2, -0.15) is 13.2 Å². The number of halogens is 3. The SMILES string of the molecule is CCN(C(=O)CSc1nnc2ccc(C(F)(F)F)cn12)c1ccccc1. The molecule has 0 aliphatic rings. The number of anilines is 1. The van der Waals surface area contributed by atoms with Crippen LogP contribution in [0.5, 0.6) is 0 Å². The van der Waals surface area contributed by atoms with Crippen LogP contribution in [0, 0.1) is 0 Å². The van der Waals surface area contributed by atoms with E-state index in [0.29, 0.717) is 12.2 Å². The summed E-state index contributed by atoms with van der Waals surface area (Å²) in [6.07, 6.45) is -3.51. The van der Waals surface area contributed by atoms with Crippen LogP contribution in [0.4, 0.5) is 18.9 Å². The van der Waals surface area contributed by atoms with E-state index in [1.165, 1.54) is 10.5 Å². The van der Waals surface area contributed by atoms with Crippen molar-refractivity contribution in [1.29, 1.82) is 0 Å². The van der Waals surface area contributed by atoms with Gasteiger partial charge in [-0.15, -0.1) is 10.2 Å². The maximum atomic E-state index is 12.9. The maximum absolute atomic E-state index is 12.9. The fourth-order valence-electron chi connectivity index (χ4n) is 2.45. The van der Waals surface area contributed by atoms with E-state index in [4.69, 9.17) is 0 Å². The van der Waals surface area contributed by atoms with Crippen LogP contribution in [0.1, 0.15) is 12.5 Å². The molecule has 1 amide bonds. The summed E-state index contributed by atoms with van der Waals surface area (Å²) in [6.45, 7) is 2.35. The Kier molecular flexibility index (Phi) is 5.17. The molecule has 3 aromatic rings. The molecule has 0 unspecified atom stereocenters. The number of amides is 1. The third-order valence-corrected chi connectivity index (χ3v) is 4.64. The number of aromatic nitrogens is 3. The number of rotatable bonds is 5. The Morgan fingerprint density at radius 2 is 1.88 bits per heavy atom. The van der Waals surface area contributed by atoms with E-state index in [0.717, 1.165) is 29.7 Å². The van der Waals surface area contributed by atoms with Gasteiger partial charge in [0.15, 0.2) is 10.8 Å². The number of hydrogen-bond acceptors (Lipinski definition) is 4. The van der Waals surface area contributed by atoms with Crippen molar-refractivity contribution in [1.82, 2.24) is 14.6 Å². The second kappa shape index (κ2) is 7.36. The molecular formula is C17H15F3N4OS. The summed E-state index contributed by atoms with van der Waals surface area (Å²) in [5, 5.41) is 7.97. The van der Waals surface area contributed by atoms with Crippen molar-refractivity contribution in [2.75, 3.05) is 17.2 Å². The first-order valence-electron chi connectivity index (χ1n) is 7.80. The number of benzene rings is 1. The van der Waals surface area contributed by atoms with Crippen LogP contribution in [0.2, 0.25) is 0 Å². The molecular weight excluding hydrogens is 365 g/mol. The summed E-state index contributed by atoms with van der Waals surface area (Å²) < 4.78 is 39.9. The number of fused-ring (bicyclic) bond motifs is 1. The van der Waals surface area contributed by atoms with Crippen LogP contribution in [-0.2, 0) is 11.0 Å². The molecule has 2 aromatic heterocycles. The first-order chi connectivity index (χ1) is 12.4. The summed E-state index contributed by atoms with van der Waals surface area (Å²) in [4.78, 5) is 14.1. The predicted molar refractivity (Wildman–Crippen MR) is 93.2 cm³/mol. The van der Waals surface area contributed by atoms with Gasteiger partial charge < -0.3 is 4.90 Å².